The van der Waals surface area contributed by atoms with Gasteiger partial charge in [0.05, 0.1) is 30.7 Å². The van der Waals surface area contributed by atoms with Gasteiger partial charge in [-0.25, -0.2) is 13.1 Å². The fraction of sp³-hybridized carbons (Fsp3) is 0.647. The highest BCUT2D eigenvalue weighted by Crippen LogP contribution is 2.47. The van der Waals surface area contributed by atoms with E-state index in [0.717, 1.165) is 16.2 Å². The Morgan fingerprint density at radius 3 is 2.69 bits per heavy atom. The molecule has 7 nitrogen and oxygen atoms in total. The third-order valence-corrected chi connectivity index (χ3v) is 7.56. The molecule has 4 heterocycles. The zero-order valence-corrected chi connectivity index (χ0v) is 17.4. The van der Waals surface area contributed by atoms with Crippen LogP contribution in [0, 0.1) is 0 Å². The molecule has 12 heteroatoms. The monoisotopic (exact) mass is 450 g/mol. The van der Waals surface area contributed by atoms with Crippen molar-refractivity contribution in [2.75, 3.05) is 36.6 Å². The Kier molecular flexibility index (Phi) is 5.14. The lowest BCUT2D eigenvalue weighted by molar-refractivity contribution is -0.134. The van der Waals surface area contributed by atoms with Crippen molar-refractivity contribution in [3.8, 4) is 0 Å². The summed E-state index contributed by atoms with van der Waals surface area (Å²) in [5.74, 6) is 0.612. The van der Waals surface area contributed by atoms with E-state index >= 15 is 0 Å². The van der Waals surface area contributed by atoms with Crippen molar-refractivity contribution in [3.63, 3.8) is 0 Å². The first kappa shape index (κ1) is 20.6. The van der Waals surface area contributed by atoms with Gasteiger partial charge >= 0.3 is 6.18 Å². The molecule has 1 spiro atoms. The summed E-state index contributed by atoms with van der Waals surface area (Å²) in [6, 6.07) is 1.26. The molecule has 0 bridgehead atoms. The second-order valence-electron chi connectivity index (χ2n) is 7.49. The third kappa shape index (κ3) is 4.29. The number of nitrogens with zero attached hydrogens (tertiary/aromatic N) is 4. The molecule has 0 atom stereocenters. The molecule has 0 saturated carbocycles. The van der Waals surface area contributed by atoms with Crippen molar-refractivity contribution in [1.29, 1.82) is 0 Å². The number of hydrogen-bond donors (Lipinski definition) is 0. The van der Waals surface area contributed by atoms with E-state index in [2.05, 4.69) is 10.3 Å². The average molecular weight is 451 g/mol. The van der Waals surface area contributed by atoms with Crippen molar-refractivity contribution in [2.45, 2.75) is 37.6 Å². The molecule has 4 rings (SSSR count). The van der Waals surface area contributed by atoms with E-state index in [9.17, 15) is 21.6 Å². The van der Waals surface area contributed by atoms with Crippen molar-refractivity contribution >= 4 is 27.0 Å². The Hall–Kier alpha value is -1.66. The Morgan fingerprint density at radius 1 is 1.31 bits per heavy atom. The quantitative estimate of drug-likeness (QED) is 0.712. The summed E-state index contributed by atoms with van der Waals surface area (Å²) >= 11 is 0.824. The van der Waals surface area contributed by atoms with Crippen LogP contribution in [-0.4, -0.2) is 55.1 Å². The van der Waals surface area contributed by atoms with Gasteiger partial charge in [0.2, 0.25) is 0 Å². The average Bonchev–Trinajstić information content (AvgIpc) is 3.28. The summed E-state index contributed by atoms with van der Waals surface area (Å²) in [6.07, 6.45) is 0.156. The fourth-order valence-corrected chi connectivity index (χ4v) is 5.49. The highest BCUT2D eigenvalue weighted by molar-refractivity contribution is 7.90. The Morgan fingerprint density at radius 2 is 2.03 bits per heavy atom. The van der Waals surface area contributed by atoms with Gasteiger partial charge in [0, 0.05) is 30.6 Å². The molecule has 1 saturated heterocycles. The van der Waals surface area contributed by atoms with E-state index in [1.165, 1.54) is 17.0 Å². The predicted molar refractivity (Wildman–Crippen MR) is 102 cm³/mol. The van der Waals surface area contributed by atoms with E-state index in [1.54, 1.807) is 6.20 Å². The highest BCUT2D eigenvalue weighted by atomic mass is 32.2. The van der Waals surface area contributed by atoms with Crippen LogP contribution in [0.1, 0.15) is 28.2 Å². The first-order chi connectivity index (χ1) is 13.6. The molecule has 0 aliphatic carbocycles. The van der Waals surface area contributed by atoms with Gasteiger partial charge in [0.1, 0.15) is 14.7 Å². The number of halogens is 3. The van der Waals surface area contributed by atoms with Crippen molar-refractivity contribution in [3.05, 3.63) is 27.6 Å². The summed E-state index contributed by atoms with van der Waals surface area (Å²) in [5.41, 5.74) is -0.00589. The predicted octanol–water partition coefficient (Wildman–Crippen LogP) is 2.47. The number of rotatable bonds is 4. The maximum atomic E-state index is 13.2. The zero-order chi connectivity index (χ0) is 20.9. The molecule has 0 unspecified atom stereocenters. The summed E-state index contributed by atoms with van der Waals surface area (Å²) in [7, 11) is -3.09. The standard InChI is InChI=1S/C17H21F3N4O3S2/c1-29(25,26)9-7-24-11-15(21-22-24)23-5-3-16(4-6-23)12-10-14(17(18,19)20)28-13(12)2-8-27-16/h10-11H,2-9H2,1H3. The third-order valence-electron chi connectivity index (χ3n) is 5.40. The minimum Gasteiger partial charge on any atom is -0.370 e. The maximum absolute atomic E-state index is 13.2. The first-order valence-electron chi connectivity index (χ1n) is 9.23. The maximum Gasteiger partial charge on any atom is 0.425 e. The van der Waals surface area contributed by atoms with Gasteiger partial charge in [0.25, 0.3) is 0 Å². The smallest absolute Gasteiger partial charge is 0.370 e. The lowest BCUT2D eigenvalue weighted by Crippen LogP contribution is -2.46. The molecular formula is C17H21F3N4O3S2. The summed E-state index contributed by atoms with van der Waals surface area (Å²) in [4.78, 5) is 2.21. The number of sulfone groups is 1. The van der Waals surface area contributed by atoms with E-state index in [4.69, 9.17) is 4.74 Å². The van der Waals surface area contributed by atoms with Gasteiger partial charge in [-0.2, -0.15) is 13.2 Å². The van der Waals surface area contributed by atoms with Crippen LogP contribution in [0.3, 0.4) is 0 Å². The summed E-state index contributed by atoms with van der Waals surface area (Å²) in [6.45, 7) is 1.79. The van der Waals surface area contributed by atoms with Gasteiger partial charge in [0.15, 0.2) is 5.82 Å². The molecule has 0 radical (unpaired) electrons. The number of piperidine rings is 1. The van der Waals surface area contributed by atoms with Crippen molar-refractivity contribution in [2.24, 2.45) is 0 Å². The molecule has 0 N–H and O–H groups in total. The second kappa shape index (κ2) is 7.24. The van der Waals surface area contributed by atoms with Crippen LogP contribution < -0.4 is 4.90 Å². The SMILES string of the molecule is CS(=O)(=O)CCn1cc(N2CCC3(CC2)OCCc2sc(C(F)(F)F)cc23)nn1. The van der Waals surface area contributed by atoms with E-state index in [-0.39, 0.29) is 12.3 Å². The molecule has 2 aliphatic heterocycles. The van der Waals surface area contributed by atoms with Crippen LogP contribution >= 0.6 is 11.3 Å². The van der Waals surface area contributed by atoms with Crippen LogP contribution in [0.15, 0.2) is 12.3 Å². The molecule has 29 heavy (non-hydrogen) atoms. The first-order valence-corrected chi connectivity index (χ1v) is 12.1. The lowest BCUT2D eigenvalue weighted by atomic mass is 9.82. The fourth-order valence-electron chi connectivity index (χ4n) is 3.87. The molecule has 2 aliphatic rings. The van der Waals surface area contributed by atoms with Gasteiger partial charge in [-0.05, 0) is 24.5 Å². The van der Waals surface area contributed by atoms with E-state index in [1.807, 2.05) is 4.90 Å². The summed E-state index contributed by atoms with van der Waals surface area (Å²) < 4.78 is 69.6. The van der Waals surface area contributed by atoms with Crippen molar-refractivity contribution in [1.82, 2.24) is 15.0 Å². The molecule has 160 valence electrons. The number of ether oxygens (including phenoxy) is 1. The minimum absolute atomic E-state index is 0.0186. The number of hydrogen-bond acceptors (Lipinski definition) is 7. The largest absolute Gasteiger partial charge is 0.425 e. The molecule has 0 amide bonds. The van der Waals surface area contributed by atoms with Crippen molar-refractivity contribution < 1.29 is 26.3 Å². The van der Waals surface area contributed by atoms with Crippen LogP contribution in [0.5, 0.6) is 0 Å². The lowest BCUT2D eigenvalue weighted by Gasteiger charge is -2.44. The van der Waals surface area contributed by atoms with E-state index in [0.29, 0.717) is 50.3 Å². The summed E-state index contributed by atoms with van der Waals surface area (Å²) in [5, 5.41) is 8.08. The molecular weight excluding hydrogens is 429 g/mol. The number of fused-ring (bicyclic) bond motifs is 2. The normalized spacial score (nSPS) is 19.5. The van der Waals surface area contributed by atoms with Gasteiger partial charge in [-0.3, -0.25) is 0 Å². The molecule has 0 aromatic carbocycles. The zero-order valence-electron chi connectivity index (χ0n) is 15.8. The number of aryl methyl sites for hydroxylation is 1. The van der Waals surface area contributed by atoms with Gasteiger partial charge in [-0.15, -0.1) is 16.4 Å². The number of alkyl halides is 3. The topological polar surface area (TPSA) is 77.3 Å². The second-order valence-corrected chi connectivity index (χ2v) is 10.9. The Labute approximate surface area is 170 Å². The van der Waals surface area contributed by atoms with E-state index < -0.39 is 26.5 Å². The number of aromatic nitrogens is 3. The highest BCUT2D eigenvalue weighted by Gasteiger charge is 2.45. The van der Waals surface area contributed by atoms with Crippen LogP contribution in [0.25, 0.3) is 0 Å². The van der Waals surface area contributed by atoms with Crippen LogP contribution in [0.4, 0.5) is 19.0 Å². The molecule has 1 fully saturated rings. The molecule has 2 aromatic heterocycles. The van der Waals surface area contributed by atoms with Crippen LogP contribution in [0.2, 0.25) is 0 Å². The Balaban J connectivity index is 1.47. The van der Waals surface area contributed by atoms with Gasteiger partial charge < -0.3 is 9.64 Å². The van der Waals surface area contributed by atoms with Gasteiger partial charge in [-0.1, -0.05) is 5.21 Å². The number of thiophene rings is 1. The molecule has 2 aromatic rings. The minimum atomic E-state index is -4.34. The Bertz CT molecular complexity index is 992. The number of anilines is 1. The van der Waals surface area contributed by atoms with Crippen LogP contribution in [-0.2, 0) is 39.3 Å².